The molecule has 0 amide bonds. The van der Waals surface area contributed by atoms with Gasteiger partial charge in [0.1, 0.15) is 5.75 Å². The van der Waals surface area contributed by atoms with Gasteiger partial charge < -0.3 is 10.5 Å². The normalized spacial score (nSPS) is 11.0. The summed E-state index contributed by atoms with van der Waals surface area (Å²) in [6, 6.07) is 16.0. The van der Waals surface area contributed by atoms with Crippen LogP contribution in [-0.2, 0) is 0 Å². The Bertz CT molecular complexity index is 1050. The van der Waals surface area contributed by atoms with Crippen molar-refractivity contribution in [2.45, 2.75) is 6.92 Å². The van der Waals surface area contributed by atoms with E-state index in [0.717, 1.165) is 44.8 Å². The number of anilines is 1. The summed E-state index contributed by atoms with van der Waals surface area (Å²) in [5.74, 6) is 0.818. The first-order valence-corrected chi connectivity index (χ1v) is 8.01. The Morgan fingerprint density at radius 2 is 1.80 bits per heavy atom. The lowest BCUT2D eigenvalue weighted by molar-refractivity contribution is 0.415. The minimum absolute atomic E-state index is 0.681. The highest BCUT2D eigenvalue weighted by molar-refractivity contribution is 5.94. The van der Waals surface area contributed by atoms with Crippen molar-refractivity contribution in [3.63, 3.8) is 0 Å². The van der Waals surface area contributed by atoms with Crippen LogP contribution in [0.5, 0.6) is 5.75 Å². The van der Waals surface area contributed by atoms with Crippen LogP contribution in [0.15, 0.2) is 54.7 Å². The number of benzene rings is 2. The summed E-state index contributed by atoms with van der Waals surface area (Å²) in [6.07, 6.45) is 1.81. The van der Waals surface area contributed by atoms with E-state index < -0.39 is 0 Å². The Hall–Kier alpha value is -3.34. The summed E-state index contributed by atoms with van der Waals surface area (Å²) >= 11 is 0. The van der Waals surface area contributed by atoms with E-state index in [0.29, 0.717) is 5.65 Å². The largest absolute Gasteiger partial charge is 0.497 e. The number of hydrogen-bond acceptors (Lipinski definition) is 4. The van der Waals surface area contributed by atoms with Gasteiger partial charge in [-0.2, -0.15) is 5.10 Å². The van der Waals surface area contributed by atoms with Gasteiger partial charge in [-0.1, -0.05) is 12.1 Å². The van der Waals surface area contributed by atoms with Crippen LogP contribution >= 0.6 is 0 Å². The summed E-state index contributed by atoms with van der Waals surface area (Å²) in [7, 11) is 1.66. The molecule has 124 valence electrons. The maximum absolute atomic E-state index is 6.19. The van der Waals surface area contributed by atoms with Crippen LogP contribution < -0.4 is 10.5 Å². The molecule has 0 aliphatic heterocycles. The lowest BCUT2D eigenvalue weighted by atomic mass is 10.0. The standard InChI is InChI=1S/C20H18N4O/c1-12-3-8-16(18(21)9-12)14-10-17-19(23-24-20(17)22-11-14)13-4-6-15(25-2)7-5-13/h3-11H,21H2,1-2H3,(H,22,23,24). The zero-order valence-corrected chi connectivity index (χ0v) is 14.1. The molecule has 25 heavy (non-hydrogen) atoms. The lowest BCUT2D eigenvalue weighted by Gasteiger charge is -2.07. The van der Waals surface area contributed by atoms with Gasteiger partial charge in [-0.25, -0.2) is 4.98 Å². The molecule has 2 aromatic heterocycles. The van der Waals surface area contributed by atoms with Crippen LogP contribution in [0.2, 0.25) is 0 Å². The maximum atomic E-state index is 6.19. The summed E-state index contributed by atoms with van der Waals surface area (Å²) in [6.45, 7) is 2.03. The molecule has 0 saturated heterocycles. The second-order valence-corrected chi connectivity index (χ2v) is 6.01. The number of aromatic amines is 1. The summed E-state index contributed by atoms with van der Waals surface area (Å²) < 4.78 is 5.22. The van der Waals surface area contributed by atoms with Crippen LogP contribution in [-0.4, -0.2) is 22.3 Å². The lowest BCUT2D eigenvalue weighted by Crippen LogP contribution is -1.91. The molecule has 0 fully saturated rings. The van der Waals surface area contributed by atoms with E-state index in [9.17, 15) is 0 Å². The second kappa shape index (κ2) is 5.94. The highest BCUT2D eigenvalue weighted by Crippen LogP contribution is 2.32. The average molecular weight is 330 g/mol. The van der Waals surface area contributed by atoms with Crippen LogP contribution in [0.25, 0.3) is 33.4 Å². The van der Waals surface area contributed by atoms with Gasteiger partial charge in [0.15, 0.2) is 5.65 Å². The monoisotopic (exact) mass is 330 g/mol. The molecule has 0 aliphatic carbocycles. The van der Waals surface area contributed by atoms with Gasteiger partial charge in [-0.3, -0.25) is 5.10 Å². The maximum Gasteiger partial charge on any atom is 0.181 e. The van der Waals surface area contributed by atoms with Gasteiger partial charge >= 0.3 is 0 Å². The first-order chi connectivity index (χ1) is 12.2. The molecule has 4 rings (SSSR count). The first kappa shape index (κ1) is 15.2. The average Bonchev–Trinajstić information content (AvgIpc) is 3.05. The van der Waals surface area contributed by atoms with Gasteiger partial charge in [0, 0.05) is 34.0 Å². The number of nitrogens with one attached hydrogen (secondary N) is 1. The second-order valence-electron chi connectivity index (χ2n) is 6.01. The molecule has 0 atom stereocenters. The van der Waals surface area contributed by atoms with Crippen molar-refractivity contribution in [2.24, 2.45) is 0 Å². The smallest absolute Gasteiger partial charge is 0.181 e. The van der Waals surface area contributed by atoms with Gasteiger partial charge in [0.05, 0.1) is 12.8 Å². The predicted molar refractivity (Wildman–Crippen MR) is 100 cm³/mol. The molecule has 0 spiro atoms. The third kappa shape index (κ3) is 2.70. The topological polar surface area (TPSA) is 76.8 Å². The fourth-order valence-corrected chi connectivity index (χ4v) is 2.97. The van der Waals surface area contributed by atoms with Crippen molar-refractivity contribution >= 4 is 16.7 Å². The highest BCUT2D eigenvalue weighted by Gasteiger charge is 2.12. The van der Waals surface area contributed by atoms with Gasteiger partial charge in [0.2, 0.25) is 0 Å². The molecule has 2 heterocycles. The molecule has 4 aromatic rings. The number of H-pyrrole nitrogens is 1. The van der Waals surface area contributed by atoms with E-state index in [1.54, 1.807) is 7.11 Å². The Balaban J connectivity index is 1.84. The molecule has 5 heteroatoms. The van der Waals surface area contributed by atoms with E-state index >= 15 is 0 Å². The zero-order chi connectivity index (χ0) is 17.4. The Labute approximate surface area is 145 Å². The van der Waals surface area contributed by atoms with Crippen molar-refractivity contribution in [3.8, 4) is 28.1 Å². The van der Waals surface area contributed by atoms with Crippen molar-refractivity contribution in [2.75, 3.05) is 12.8 Å². The number of pyridine rings is 1. The highest BCUT2D eigenvalue weighted by atomic mass is 16.5. The molecular formula is C20H18N4O. The molecule has 0 unspecified atom stereocenters. The van der Waals surface area contributed by atoms with E-state index in [2.05, 4.69) is 27.3 Å². The van der Waals surface area contributed by atoms with Crippen LogP contribution in [0, 0.1) is 6.92 Å². The molecule has 0 radical (unpaired) electrons. The third-order valence-electron chi connectivity index (χ3n) is 4.31. The summed E-state index contributed by atoms with van der Waals surface area (Å²) in [5, 5.41) is 8.36. The number of hydrogen-bond donors (Lipinski definition) is 2. The molecule has 3 N–H and O–H groups in total. The number of aryl methyl sites for hydroxylation is 1. The fraction of sp³-hybridized carbons (Fsp3) is 0.100. The summed E-state index contributed by atoms with van der Waals surface area (Å²) in [5.41, 5.74) is 12.7. The van der Waals surface area contributed by atoms with Crippen LogP contribution in [0.4, 0.5) is 5.69 Å². The van der Waals surface area contributed by atoms with E-state index in [1.165, 1.54) is 0 Å². The SMILES string of the molecule is COc1ccc(-c2[nH]nc3ncc(-c4ccc(C)cc4N)cc23)cc1. The number of nitrogens with two attached hydrogens (primary N) is 1. The number of fused-ring (bicyclic) bond motifs is 1. The fourth-order valence-electron chi connectivity index (χ4n) is 2.97. The zero-order valence-electron chi connectivity index (χ0n) is 14.1. The number of aromatic nitrogens is 3. The quantitative estimate of drug-likeness (QED) is 0.552. The minimum Gasteiger partial charge on any atom is -0.497 e. The molecule has 2 aromatic carbocycles. The predicted octanol–water partition coefficient (Wildman–Crippen LogP) is 4.19. The Kier molecular flexibility index (Phi) is 3.61. The molecule has 0 bridgehead atoms. The van der Waals surface area contributed by atoms with Gasteiger partial charge in [0.25, 0.3) is 0 Å². The third-order valence-corrected chi connectivity index (χ3v) is 4.31. The summed E-state index contributed by atoms with van der Waals surface area (Å²) in [4.78, 5) is 4.48. The van der Waals surface area contributed by atoms with Crippen LogP contribution in [0.3, 0.4) is 0 Å². The van der Waals surface area contributed by atoms with E-state index in [4.69, 9.17) is 10.5 Å². The van der Waals surface area contributed by atoms with Crippen LogP contribution in [0.1, 0.15) is 5.56 Å². The molecule has 5 nitrogen and oxygen atoms in total. The Morgan fingerprint density at radius 1 is 1.00 bits per heavy atom. The van der Waals surface area contributed by atoms with Crippen molar-refractivity contribution in [3.05, 3.63) is 60.3 Å². The molecule has 0 saturated carbocycles. The number of methoxy groups -OCH3 is 1. The van der Waals surface area contributed by atoms with E-state index in [1.807, 2.05) is 49.5 Å². The van der Waals surface area contributed by atoms with Gasteiger partial charge in [-0.15, -0.1) is 0 Å². The van der Waals surface area contributed by atoms with E-state index in [-0.39, 0.29) is 0 Å². The number of nitrogens with zero attached hydrogens (tertiary/aromatic N) is 2. The number of rotatable bonds is 3. The van der Waals surface area contributed by atoms with Crippen molar-refractivity contribution in [1.82, 2.24) is 15.2 Å². The van der Waals surface area contributed by atoms with Crippen molar-refractivity contribution in [1.29, 1.82) is 0 Å². The Morgan fingerprint density at radius 3 is 2.52 bits per heavy atom. The van der Waals surface area contributed by atoms with Gasteiger partial charge in [-0.05, 0) is 48.9 Å². The number of ether oxygens (including phenoxy) is 1. The molecule has 0 aliphatic rings. The molecular weight excluding hydrogens is 312 g/mol. The minimum atomic E-state index is 0.681. The first-order valence-electron chi connectivity index (χ1n) is 8.01. The number of nitrogen functional groups attached to an aromatic ring is 1. The van der Waals surface area contributed by atoms with Crippen molar-refractivity contribution < 1.29 is 4.74 Å².